The average molecular weight is 525 g/mol. The van der Waals surface area contributed by atoms with Gasteiger partial charge in [-0.3, -0.25) is 4.98 Å². The Bertz CT molecular complexity index is 1460. The highest BCUT2D eigenvalue weighted by Gasteiger charge is 2.38. The molecule has 8 heteroatoms. The van der Waals surface area contributed by atoms with E-state index in [4.69, 9.17) is 0 Å². The van der Waals surface area contributed by atoms with E-state index in [-0.39, 0.29) is 5.25 Å². The summed E-state index contributed by atoms with van der Waals surface area (Å²) >= 11 is 3.23. The van der Waals surface area contributed by atoms with Crippen molar-refractivity contribution in [3.8, 4) is 11.3 Å². The number of fused-ring (bicyclic) bond motifs is 1. The third-order valence-corrected chi connectivity index (χ3v) is 10.1. The molecule has 1 aliphatic carbocycles. The van der Waals surface area contributed by atoms with Crippen molar-refractivity contribution in [2.75, 3.05) is 6.26 Å². The zero-order valence-electron chi connectivity index (χ0n) is 19.6. The van der Waals surface area contributed by atoms with E-state index in [0.717, 1.165) is 55.1 Å². The maximum absolute atomic E-state index is 13.0. The Labute approximate surface area is 214 Å². The summed E-state index contributed by atoms with van der Waals surface area (Å²) in [6, 6.07) is 19.7. The number of sulfonamides is 1. The molecular formula is C27H28N2O3S3. The lowest BCUT2D eigenvalue weighted by molar-refractivity contribution is 0.195. The lowest BCUT2D eigenvalue weighted by atomic mass is 10.0. The molecule has 1 fully saturated rings. The molecule has 0 aliphatic heterocycles. The summed E-state index contributed by atoms with van der Waals surface area (Å²) in [5.41, 5.74) is 3.85. The number of hydrogen-bond donors (Lipinski definition) is 2. The number of nitrogens with zero attached hydrogens (tertiary/aromatic N) is 1. The number of thiophene rings is 1. The van der Waals surface area contributed by atoms with Gasteiger partial charge in [0.2, 0.25) is 10.0 Å². The van der Waals surface area contributed by atoms with E-state index in [9.17, 15) is 13.5 Å². The molecule has 0 radical (unpaired) electrons. The van der Waals surface area contributed by atoms with Crippen LogP contribution in [0.5, 0.6) is 0 Å². The van der Waals surface area contributed by atoms with Crippen LogP contribution < -0.4 is 4.72 Å². The van der Waals surface area contributed by atoms with Crippen LogP contribution in [-0.4, -0.2) is 36.1 Å². The van der Waals surface area contributed by atoms with Crippen LogP contribution in [0.25, 0.3) is 21.3 Å². The lowest BCUT2D eigenvalue weighted by Gasteiger charge is -2.20. The second-order valence-electron chi connectivity index (χ2n) is 9.01. The summed E-state index contributed by atoms with van der Waals surface area (Å²) in [5, 5.41) is 10.6. The fraction of sp³-hybridized carbons (Fsp3) is 0.296. The van der Waals surface area contributed by atoms with Gasteiger partial charge in [0.25, 0.3) is 0 Å². The van der Waals surface area contributed by atoms with Crippen molar-refractivity contribution in [3.63, 3.8) is 0 Å². The number of rotatable bonds is 9. The molecule has 1 aliphatic rings. The van der Waals surface area contributed by atoms with Gasteiger partial charge in [-0.2, -0.15) is 0 Å². The molecule has 0 bridgehead atoms. The molecule has 2 unspecified atom stereocenters. The molecule has 2 heterocycles. The van der Waals surface area contributed by atoms with Crippen LogP contribution in [0.4, 0.5) is 0 Å². The van der Waals surface area contributed by atoms with Gasteiger partial charge < -0.3 is 5.11 Å². The third-order valence-electron chi connectivity index (χ3n) is 6.17. The Morgan fingerprint density at radius 2 is 1.94 bits per heavy atom. The fourth-order valence-electron chi connectivity index (χ4n) is 4.34. The van der Waals surface area contributed by atoms with Gasteiger partial charge in [0, 0.05) is 26.2 Å². The van der Waals surface area contributed by atoms with Crippen molar-refractivity contribution in [1.82, 2.24) is 9.71 Å². The van der Waals surface area contributed by atoms with Gasteiger partial charge in [-0.25, -0.2) is 13.1 Å². The maximum Gasteiger partial charge on any atom is 0.215 e. The van der Waals surface area contributed by atoms with Crippen molar-refractivity contribution < 1.29 is 13.5 Å². The average Bonchev–Trinajstić information content (AvgIpc) is 3.62. The highest BCUT2D eigenvalue weighted by Crippen LogP contribution is 2.41. The largest absolute Gasteiger partial charge is 0.393 e. The van der Waals surface area contributed by atoms with Crippen LogP contribution >= 0.6 is 23.1 Å². The first kappa shape index (κ1) is 24.5. The molecule has 0 spiro atoms. The number of benzene rings is 2. The molecule has 0 saturated heterocycles. The van der Waals surface area contributed by atoms with E-state index in [1.807, 2.05) is 48.7 Å². The lowest BCUT2D eigenvalue weighted by Crippen LogP contribution is -2.32. The van der Waals surface area contributed by atoms with Crippen LogP contribution in [0.3, 0.4) is 0 Å². The molecule has 2 aromatic carbocycles. The van der Waals surface area contributed by atoms with E-state index >= 15 is 0 Å². The van der Waals surface area contributed by atoms with Crippen LogP contribution in [0, 0.1) is 0 Å². The minimum absolute atomic E-state index is 0.294. The van der Waals surface area contributed by atoms with Gasteiger partial charge in [0.15, 0.2) is 0 Å². The van der Waals surface area contributed by atoms with E-state index < -0.39 is 22.2 Å². The third kappa shape index (κ3) is 5.32. The van der Waals surface area contributed by atoms with Gasteiger partial charge in [-0.1, -0.05) is 36.4 Å². The zero-order valence-corrected chi connectivity index (χ0v) is 22.1. The van der Waals surface area contributed by atoms with Gasteiger partial charge >= 0.3 is 0 Å². The number of aliphatic hydroxyl groups is 1. The smallest absolute Gasteiger partial charge is 0.215 e. The standard InChI is InChI=1S/C27H28N2O3S3/c1-17(30)14-18-12-13-28-23(15-18)21-8-5-6-19-16-25(34-27(19)21)26(29-35(31,32)20-10-11-20)22-7-3-4-9-24(22)33-2/h3-9,12-13,15-17,20,26,29-30H,10-11,14H2,1-2H3. The number of aliphatic hydroxyl groups excluding tert-OH is 1. The number of pyridine rings is 1. The quantitative estimate of drug-likeness (QED) is 0.271. The Morgan fingerprint density at radius 1 is 1.14 bits per heavy atom. The van der Waals surface area contributed by atoms with E-state index in [1.54, 1.807) is 36.2 Å². The first-order chi connectivity index (χ1) is 16.9. The number of thioether (sulfide) groups is 1. The summed E-state index contributed by atoms with van der Waals surface area (Å²) in [4.78, 5) is 6.62. The van der Waals surface area contributed by atoms with Crippen LogP contribution in [-0.2, 0) is 16.4 Å². The zero-order chi connectivity index (χ0) is 24.6. The van der Waals surface area contributed by atoms with Gasteiger partial charge in [0.1, 0.15) is 0 Å². The van der Waals surface area contributed by atoms with Crippen molar-refractivity contribution in [2.45, 2.75) is 48.5 Å². The van der Waals surface area contributed by atoms with Crippen LogP contribution in [0.1, 0.15) is 41.8 Å². The normalized spacial score (nSPS) is 15.9. The Balaban J connectivity index is 1.61. The summed E-state index contributed by atoms with van der Waals surface area (Å²) in [6.07, 6.45) is 5.37. The number of nitrogens with one attached hydrogen (secondary N) is 1. The van der Waals surface area contributed by atoms with E-state index in [2.05, 4.69) is 27.9 Å². The molecule has 4 aromatic rings. The Morgan fingerprint density at radius 3 is 2.69 bits per heavy atom. The summed E-state index contributed by atoms with van der Waals surface area (Å²) in [6.45, 7) is 1.78. The molecule has 2 atom stereocenters. The second-order valence-corrected chi connectivity index (χ2v) is 12.9. The minimum Gasteiger partial charge on any atom is -0.393 e. The monoisotopic (exact) mass is 524 g/mol. The van der Waals surface area contributed by atoms with Crippen LogP contribution in [0.15, 0.2) is 71.8 Å². The molecular weight excluding hydrogens is 497 g/mol. The minimum atomic E-state index is -3.41. The SMILES string of the molecule is CSc1ccccc1C(NS(=O)(=O)C1CC1)c1cc2cccc(-c3cc(CC(C)O)ccn3)c2s1. The van der Waals surface area contributed by atoms with Gasteiger partial charge in [0.05, 0.1) is 23.1 Å². The molecule has 5 nitrogen and oxygen atoms in total. The van der Waals surface area contributed by atoms with E-state index in [1.165, 1.54) is 0 Å². The summed E-state index contributed by atoms with van der Waals surface area (Å²) in [5.74, 6) is 0. The van der Waals surface area contributed by atoms with Crippen molar-refractivity contribution in [1.29, 1.82) is 0 Å². The summed E-state index contributed by atoms with van der Waals surface area (Å²) in [7, 11) is -3.41. The Hall–Kier alpha value is -2.23. The number of aromatic nitrogens is 1. The van der Waals surface area contributed by atoms with Crippen molar-refractivity contribution in [2.24, 2.45) is 0 Å². The van der Waals surface area contributed by atoms with Crippen molar-refractivity contribution >= 4 is 43.2 Å². The highest BCUT2D eigenvalue weighted by atomic mass is 32.2. The second kappa shape index (κ2) is 10.0. The van der Waals surface area contributed by atoms with Gasteiger partial charge in [-0.05, 0) is 73.2 Å². The fourth-order valence-corrected chi connectivity index (χ4v) is 7.83. The number of hydrogen-bond acceptors (Lipinski definition) is 6. The molecule has 2 aromatic heterocycles. The molecule has 35 heavy (non-hydrogen) atoms. The molecule has 182 valence electrons. The highest BCUT2D eigenvalue weighted by molar-refractivity contribution is 7.98. The molecule has 2 N–H and O–H groups in total. The first-order valence-corrected chi connectivity index (χ1v) is 15.2. The molecule has 0 amide bonds. The predicted molar refractivity (Wildman–Crippen MR) is 146 cm³/mol. The van der Waals surface area contributed by atoms with Crippen molar-refractivity contribution in [3.05, 3.63) is 82.9 Å². The van der Waals surface area contributed by atoms with E-state index in [0.29, 0.717) is 6.42 Å². The maximum atomic E-state index is 13.0. The summed E-state index contributed by atoms with van der Waals surface area (Å²) < 4.78 is 30.2. The topological polar surface area (TPSA) is 79.3 Å². The molecule has 1 saturated carbocycles. The van der Waals surface area contributed by atoms with Gasteiger partial charge in [-0.15, -0.1) is 23.1 Å². The first-order valence-electron chi connectivity index (χ1n) is 11.7. The predicted octanol–water partition coefficient (Wildman–Crippen LogP) is 5.78. The van der Waals surface area contributed by atoms with Crippen LogP contribution in [0.2, 0.25) is 0 Å². The molecule has 5 rings (SSSR count). The Kier molecular flexibility index (Phi) is 7.01.